The van der Waals surface area contributed by atoms with E-state index in [0.717, 1.165) is 10.0 Å². The Morgan fingerprint density at radius 3 is 2.56 bits per heavy atom. The number of aromatic amines is 1. The van der Waals surface area contributed by atoms with Crippen LogP contribution in [-0.2, 0) is 29.1 Å². The highest BCUT2D eigenvalue weighted by Gasteiger charge is 2.26. The van der Waals surface area contributed by atoms with Crippen molar-refractivity contribution in [3.05, 3.63) is 103 Å². The van der Waals surface area contributed by atoms with Gasteiger partial charge in [0, 0.05) is 23.6 Å². The number of amides is 2. The highest BCUT2D eigenvalue weighted by molar-refractivity contribution is 9.10. The molecule has 0 saturated heterocycles. The van der Waals surface area contributed by atoms with E-state index in [9.17, 15) is 24.5 Å². The van der Waals surface area contributed by atoms with E-state index in [1.807, 2.05) is 36.4 Å². The van der Waals surface area contributed by atoms with Gasteiger partial charge in [0.1, 0.15) is 5.75 Å². The summed E-state index contributed by atoms with van der Waals surface area (Å²) < 4.78 is 7.88. The third-order valence-corrected chi connectivity index (χ3v) is 6.53. The number of hydrogen-bond donors (Lipinski definition) is 2. The Labute approximate surface area is 231 Å². The van der Waals surface area contributed by atoms with Crippen molar-refractivity contribution >= 4 is 44.5 Å². The number of benzene rings is 3. The van der Waals surface area contributed by atoms with Gasteiger partial charge in [-0.25, -0.2) is 4.79 Å². The number of rotatable bonds is 12. The monoisotopic (exact) mass is 595 g/mol. The van der Waals surface area contributed by atoms with Crippen LogP contribution in [0.2, 0.25) is 0 Å². The second-order valence-electron chi connectivity index (χ2n) is 8.84. The lowest BCUT2D eigenvalue weighted by Gasteiger charge is -2.22. The average molecular weight is 596 g/mol. The van der Waals surface area contributed by atoms with Gasteiger partial charge in [0.25, 0.3) is 5.69 Å². The van der Waals surface area contributed by atoms with Gasteiger partial charge in [-0.15, -0.1) is 0 Å². The number of aromatic nitrogens is 2. The molecule has 4 aromatic rings. The molecule has 2 amide bonds. The quantitative estimate of drug-likeness (QED) is 0.145. The predicted octanol–water partition coefficient (Wildman–Crippen LogP) is 3.53. The van der Waals surface area contributed by atoms with E-state index >= 15 is 0 Å². The zero-order valence-electron chi connectivity index (χ0n) is 20.8. The molecule has 0 bridgehead atoms. The molecule has 3 aromatic carbocycles. The van der Waals surface area contributed by atoms with Crippen molar-refractivity contribution in [2.24, 2.45) is 5.73 Å². The number of nitro benzene ring substituents is 1. The number of aryl methyl sites for hydroxylation is 1. The lowest BCUT2D eigenvalue weighted by molar-refractivity contribution is -0.385. The highest BCUT2D eigenvalue weighted by atomic mass is 79.9. The van der Waals surface area contributed by atoms with Crippen LogP contribution < -0.4 is 16.2 Å². The lowest BCUT2D eigenvalue weighted by Crippen LogP contribution is -2.39. The van der Waals surface area contributed by atoms with E-state index in [-0.39, 0.29) is 36.4 Å². The fraction of sp³-hybridized carbons (Fsp3) is 0.222. The molecule has 12 heteroatoms. The minimum absolute atomic E-state index is 0.0712. The number of nitrogens with two attached hydrogens (primary N) is 1. The molecular formula is C27H26BrN5O6. The van der Waals surface area contributed by atoms with Crippen molar-refractivity contribution in [2.45, 2.75) is 25.9 Å². The third-order valence-electron chi connectivity index (χ3n) is 6.04. The molecule has 0 aliphatic carbocycles. The Morgan fingerprint density at radius 1 is 1.10 bits per heavy atom. The van der Waals surface area contributed by atoms with Gasteiger partial charge >= 0.3 is 5.69 Å². The van der Waals surface area contributed by atoms with Gasteiger partial charge in [-0.05, 0) is 42.3 Å². The van der Waals surface area contributed by atoms with Crippen LogP contribution in [0.3, 0.4) is 0 Å². The number of imidazole rings is 1. The van der Waals surface area contributed by atoms with Gasteiger partial charge in [-0.1, -0.05) is 46.3 Å². The molecule has 0 fully saturated rings. The molecule has 39 heavy (non-hydrogen) atoms. The normalized spacial score (nSPS) is 10.9. The van der Waals surface area contributed by atoms with Crippen LogP contribution in [-0.4, -0.2) is 44.3 Å². The van der Waals surface area contributed by atoms with Gasteiger partial charge < -0.3 is 20.4 Å². The summed E-state index contributed by atoms with van der Waals surface area (Å²) in [5.41, 5.74) is 6.10. The Balaban J connectivity index is 1.63. The van der Waals surface area contributed by atoms with Crippen molar-refractivity contribution in [1.82, 2.24) is 14.5 Å². The second kappa shape index (κ2) is 12.4. The minimum Gasteiger partial charge on any atom is -0.494 e. The summed E-state index contributed by atoms with van der Waals surface area (Å²) in [6.45, 7) is 0.218. The number of fused-ring (bicyclic) bond motifs is 1. The van der Waals surface area contributed by atoms with E-state index in [1.165, 1.54) is 21.6 Å². The lowest BCUT2D eigenvalue weighted by atomic mass is 10.1. The summed E-state index contributed by atoms with van der Waals surface area (Å²) >= 11 is 3.38. The van der Waals surface area contributed by atoms with Gasteiger partial charge in [0.2, 0.25) is 11.8 Å². The standard InChI is InChI=1S/C27H26BrN5O6/c28-19-7-4-6-18(14-19)16-31(17-24(29)34)25(35)15-21-23(33(37)38)11-10-22-26(21)32(27(36)30-22)12-5-13-39-20-8-2-1-3-9-20/h1-4,6-11,14H,5,12-13,15-17H2,(H2,29,34)(H,30,36). The number of carbonyl (C=O) groups excluding carboxylic acids is 2. The van der Waals surface area contributed by atoms with Crippen molar-refractivity contribution in [3.63, 3.8) is 0 Å². The van der Waals surface area contributed by atoms with Crippen LogP contribution in [0, 0.1) is 10.1 Å². The molecule has 1 heterocycles. The first-order valence-electron chi connectivity index (χ1n) is 12.1. The average Bonchev–Trinajstić information content (AvgIpc) is 3.21. The van der Waals surface area contributed by atoms with Crippen molar-refractivity contribution in [3.8, 4) is 5.75 Å². The van der Waals surface area contributed by atoms with E-state index in [4.69, 9.17) is 10.5 Å². The summed E-state index contributed by atoms with van der Waals surface area (Å²) in [6, 6.07) is 19.1. The van der Waals surface area contributed by atoms with Gasteiger partial charge in [0.05, 0.1) is 41.1 Å². The Hall–Kier alpha value is -4.45. The number of hydrogen-bond acceptors (Lipinski definition) is 6. The van der Waals surface area contributed by atoms with E-state index in [1.54, 1.807) is 18.2 Å². The van der Waals surface area contributed by atoms with Crippen molar-refractivity contribution in [1.29, 1.82) is 0 Å². The molecule has 202 valence electrons. The van der Waals surface area contributed by atoms with Crippen LogP contribution in [0.25, 0.3) is 11.0 Å². The highest BCUT2D eigenvalue weighted by Crippen LogP contribution is 2.28. The number of ether oxygens (including phenoxy) is 1. The van der Waals surface area contributed by atoms with Crippen LogP contribution >= 0.6 is 15.9 Å². The first kappa shape index (κ1) is 27.6. The largest absolute Gasteiger partial charge is 0.494 e. The topological polar surface area (TPSA) is 154 Å². The van der Waals surface area contributed by atoms with Gasteiger partial charge in [0.15, 0.2) is 0 Å². The number of nitro groups is 1. The van der Waals surface area contributed by atoms with Crippen molar-refractivity contribution < 1.29 is 19.2 Å². The number of nitrogens with one attached hydrogen (secondary N) is 1. The van der Waals surface area contributed by atoms with Crippen LogP contribution in [0.1, 0.15) is 17.5 Å². The second-order valence-corrected chi connectivity index (χ2v) is 9.75. The molecule has 0 atom stereocenters. The maximum atomic E-state index is 13.5. The van der Waals surface area contributed by atoms with E-state index in [0.29, 0.717) is 24.3 Å². The van der Waals surface area contributed by atoms with Crippen LogP contribution in [0.4, 0.5) is 5.69 Å². The summed E-state index contributed by atoms with van der Waals surface area (Å²) in [7, 11) is 0. The maximum Gasteiger partial charge on any atom is 0.326 e. The number of halogens is 1. The van der Waals surface area contributed by atoms with Crippen LogP contribution in [0.15, 0.2) is 76.0 Å². The molecule has 0 aliphatic rings. The fourth-order valence-electron chi connectivity index (χ4n) is 4.35. The van der Waals surface area contributed by atoms with Gasteiger partial charge in [-0.3, -0.25) is 24.3 Å². The Kier molecular flexibility index (Phi) is 8.77. The SMILES string of the molecule is NC(=O)CN(Cc1cccc(Br)c1)C(=O)Cc1c([N+](=O)[O-])ccc2[nH]c(=O)n(CCCOc3ccccc3)c12. The molecule has 0 radical (unpaired) electrons. The molecule has 0 aliphatic heterocycles. The summed E-state index contributed by atoms with van der Waals surface area (Å²) in [6.07, 6.45) is 0.0290. The van der Waals surface area contributed by atoms with E-state index < -0.39 is 28.8 Å². The summed E-state index contributed by atoms with van der Waals surface area (Å²) in [5, 5.41) is 11.9. The Bertz CT molecular complexity index is 1570. The zero-order chi connectivity index (χ0) is 27.9. The first-order chi connectivity index (χ1) is 18.7. The predicted molar refractivity (Wildman–Crippen MR) is 148 cm³/mol. The third kappa shape index (κ3) is 6.90. The molecule has 0 saturated carbocycles. The first-order valence-corrected chi connectivity index (χ1v) is 12.9. The summed E-state index contributed by atoms with van der Waals surface area (Å²) in [4.78, 5) is 53.3. The van der Waals surface area contributed by atoms with Gasteiger partial charge in [-0.2, -0.15) is 0 Å². The smallest absolute Gasteiger partial charge is 0.326 e. The Morgan fingerprint density at radius 2 is 1.87 bits per heavy atom. The number of H-pyrrole nitrogens is 1. The number of nitrogens with zero attached hydrogens (tertiary/aromatic N) is 3. The molecule has 0 spiro atoms. The maximum absolute atomic E-state index is 13.5. The molecular weight excluding hydrogens is 570 g/mol. The number of carbonyl (C=O) groups is 2. The minimum atomic E-state index is -0.719. The number of para-hydroxylation sites is 1. The zero-order valence-corrected chi connectivity index (χ0v) is 22.4. The molecule has 3 N–H and O–H groups in total. The summed E-state index contributed by atoms with van der Waals surface area (Å²) in [5.74, 6) is -0.578. The molecule has 4 rings (SSSR count). The molecule has 11 nitrogen and oxygen atoms in total. The number of primary amides is 1. The fourth-order valence-corrected chi connectivity index (χ4v) is 4.79. The molecule has 0 unspecified atom stereocenters. The molecule has 1 aromatic heterocycles. The van der Waals surface area contributed by atoms with Crippen LogP contribution in [0.5, 0.6) is 5.75 Å². The van der Waals surface area contributed by atoms with Crippen molar-refractivity contribution in [2.75, 3.05) is 13.2 Å². The van der Waals surface area contributed by atoms with E-state index in [2.05, 4.69) is 20.9 Å².